The third-order valence-electron chi connectivity index (χ3n) is 13.3. The van der Waals surface area contributed by atoms with E-state index in [1.165, 1.54) is 98.9 Å². The van der Waals surface area contributed by atoms with Gasteiger partial charge in [-0.3, -0.25) is 0 Å². The van der Waals surface area contributed by atoms with Crippen molar-refractivity contribution in [1.82, 2.24) is 9.13 Å². The molecule has 0 N–H and O–H groups in total. The predicted molar refractivity (Wildman–Crippen MR) is 235 cm³/mol. The summed E-state index contributed by atoms with van der Waals surface area (Å²) in [4.78, 5) is 0. The van der Waals surface area contributed by atoms with Crippen molar-refractivity contribution in [2.75, 3.05) is 0 Å². The molecule has 0 saturated heterocycles. The van der Waals surface area contributed by atoms with Crippen molar-refractivity contribution < 1.29 is 9.47 Å². The normalized spacial score (nSPS) is 14.5. The third-order valence-corrected chi connectivity index (χ3v) is 13.3. The molecule has 6 heterocycles. The summed E-state index contributed by atoms with van der Waals surface area (Å²) in [6.07, 6.45) is 0. The Kier molecular flexibility index (Phi) is 5.55. The van der Waals surface area contributed by atoms with E-state index in [-0.39, 0.29) is 24.3 Å². The van der Waals surface area contributed by atoms with E-state index >= 15 is 0 Å². The van der Waals surface area contributed by atoms with Gasteiger partial charge in [-0.1, -0.05) is 102 Å². The summed E-state index contributed by atoms with van der Waals surface area (Å²) < 4.78 is 18.7. The predicted octanol–water partition coefficient (Wildman–Crippen LogP) is 8.35. The smallest absolute Gasteiger partial charge is 0.256 e. The standard InChI is InChI=1S/C50H38B2N2O2/c1-49(2,3)27-15-19-41-35(23-27)51-33-11-7-9-13-37(33)53-39-26-32-30-18-22-44-46-48(30)54(40(32)25-31(39)29-17-21-43(55-41)45(51)47(29)53)38-14-10-8-12-34(38)52(46)36-24-28(50(4,5)6)16-20-42(36)56-44/h7-26H,1-6H3. The molecule has 0 amide bonds. The van der Waals surface area contributed by atoms with E-state index < -0.39 is 0 Å². The molecule has 56 heavy (non-hydrogen) atoms. The zero-order chi connectivity index (χ0) is 37.6. The fourth-order valence-corrected chi connectivity index (χ4v) is 10.7. The molecule has 0 bridgehead atoms. The van der Waals surface area contributed by atoms with Crippen molar-refractivity contribution >= 4 is 89.8 Å². The lowest BCUT2D eigenvalue weighted by molar-refractivity contribution is 0.486. The number of para-hydroxylation sites is 2. The van der Waals surface area contributed by atoms with Crippen molar-refractivity contribution in [1.29, 1.82) is 0 Å². The highest BCUT2D eigenvalue weighted by molar-refractivity contribution is 7.00. The van der Waals surface area contributed by atoms with E-state index in [1.54, 1.807) is 0 Å². The molecule has 6 heteroatoms. The van der Waals surface area contributed by atoms with Gasteiger partial charge in [0.15, 0.2) is 0 Å². The van der Waals surface area contributed by atoms with Crippen LogP contribution in [0.5, 0.6) is 23.0 Å². The Morgan fingerprint density at radius 3 is 1.25 bits per heavy atom. The van der Waals surface area contributed by atoms with Gasteiger partial charge in [0.1, 0.15) is 23.0 Å². The molecule has 0 fully saturated rings. The van der Waals surface area contributed by atoms with Crippen molar-refractivity contribution in [3.63, 3.8) is 0 Å². The fraction of sp³-hybridized carbons (Fsp3) is 0.160. The zero-order valence-electron chi connectivity index (χ0n) is 32.4. The molecule has 0 aliphatic carbocycles. The van der Waals surface area contributed by atoms with Gasteiger partial charge >= 0.3 is 0 Å². The van der Waals surface area contributed by atoms with Crippen molar-refractivity contribution in [2.24, 2.45) is 0 Å². The maximum atomic E-state index is 6.80. The quantitative estimate of drug-likeness (QED) is 0.148. The van der Waals surface area contributed by atoms with Crippen molar-refractivity contribution in [2.45, 2.75) is 52.4 Å². The summed E-state index contributed by atoms with van der Waals surface area (Å²) >= 11 is 0. The Bertz CT molecular complexity index is 3080. The van der Waals surface area contributed by atoms with Crippen LogP contribution < -0.4 is 42.3 Å². The lowest BCUT2D eigenvalue weighted by atomic mass is 9.34. The summed E-state index contributed by atoms with van der Waals surface area (Å²) in [6, 6.07) is 45.6. The number of benzene rings is 7. The Morgan fingerprint density at radius 2 is 0.821 bits per heavy atom. The molecule has 7 aromatic carbocycles. The molecule has 0 spiro atoms. The van der Waals surface area contributed by atoms with E-state index in [9.17, 15) is 0 Å². The van der Waals surface area contributed by atoms with E-state index in [2.05, 4.69) is 172 Å². The van der Waals surface area contributed by atoms with Crippen LogP contribution in [-0.2, 0) is 10.8 Å². The minimum atomic E-state index is 0.0263. The van der Waals surface area contributed by atoms with Crippen LogP contribution in [0.1, 0.15) is 52.7 Å². The summed E-state index contributed by atoms with van der Waals surface area (Å²) in [7, 11) is 0. The van der Waals surface area contributed by atoms with E-state index in [4.69, 9.17) is 9.47 Å². The van der Waals surface area contributed by atoms with Gasteiger partial charge in [0.05, 0.1) is 22.1 Å². The Balaban J connectivity index is 1.13. The molecule has 266 valence electrons. The van der Waals surface area contributed by atoms with Crippen molar-refractivity contribution in [3.8, 4) is 34.4 Å². The average molecular weight is 720 g/mol. The van der Waals surface area contributed by atoms with Crippen LogP contribution in [0.15, 0.2) is 121 Å². The van der Waals surface area contributed by atoms with E-state index in [0.29, 0.717) is 0 Å². The van der Waals surface area contributed by atoms with Crippen molar-refractivity contribution in [3.05, 3.63) is 132 Å². The molecule has 13 rings (SSSR count). The van der Waals surface area contributed by atoms with Crippen LogP contribution >= 0.6 is 0 Å². The topological polar surface area (TPSA) is 28.3 Å². The lowest BCUT2D eigenvalue weighted by Gasteiger charge is -2.33. The molecule has 0 atom stereocenters. The highest BCUT2D eigenvalue weighted by Crippen LogP contribution is 2.44. The van der Waals surface area contributed by atoms with Crippen LogP contribution in [0.4, 0.5) is 0 Å². The Labute approximate surface area is 326 Å². The summed E-state index contributed by atoms with van der Waals surface area (Å²) in [6.45, 7) is 13.9. The van der Waals surface area contributed by atoms with Crippen LogP contribution in [0.2, 0.25) is 0 Å². The lowest BCUT2D eigenvalue weighted by Crippen LogP contribution is -2.58. The third kappa shape index (κ3) is 3.73. The minimum Gasteiger partial charge on any atom is -0.458 e. The molecule has 0 unspecified atom stereocenters. The summed E-state index contributed by atoms with van der Waals surface area (Å²) in [5.74, 6) is 3.81. The summed E-state index contributed by atoms with van der Waals surface area (Å²) in [5, 5.41) is 5.02. The molecule has 4 aliphatic heterocycles. The van der Waals surface area contributed by atoms with Gasteiger partial charge in [0.2, 0.25) is 0 Å². The van der Waals surface area contributed by atoms with Gasteiger partial charge < -0.3 is 18.6 Å². The second kappa shape index (κ2) is 9.99. The number of hydrogen-bond acceptors (Lipinski definition) is 2. The minimum absolute atomic E-state index is 0.0263. The maximum Gasteiger partial charge on any atom is 0.256 e. The first-order chi connectivity index (χ1) is 27.0. The Morgan fingerprint density at radius 1 is 0.411 bits per heavy atom. The van der Waals surface area contributed by atoms with Gasteiger partial charge in [-0.15, -0.1) is 0 Å². The second-order valence-corrected chi connectivity index (χ2v) is 18.5. The first-order valence-electron chi connectivity index (χ1n) is 20.0. The SMILES string of the molecule is CC(C)(C)c1ccc2c(c1)B1c3ccccc3-n3c4cc5c6ccc7c8c6n(c5cc4c4ccc(c1c43)O2)-c1ccccc1B8c1cc(C(C)(C)C)ccc1O7. The molecule has 4 aliphatic rings. The van der Waals surface area contributed by atoms with E-state index in [1.807, 2.05) is 0 Å². The van der Waals surface area contributed by atoms with Gasteiger partial charge in [-0.05, 0) is 115 Å². The van der Waals surface area contributed by atoms with E-state index in [0.717, 1.165) is 23.0 Å². The number of fused-ring (bicyclic) bond motifs is 16. The molecule has 4 nitrogen and oxygen atoms in total. The first-order valence-corrected chi connectivity index (χ1v) is 20.0. The van der Waals surface area contributed by atoms with Gasteiger partial charge in [0, 0.05) is 32.9 Å². The molecule has 0 radical (unpaired) electrons. The van der Waals surface area contributed by atoms with Crippen LogP contribution in [0.25, 0.3) is 55.0 Å². The average Bonchev–Trinajstić information content (AvgIpc) is 3.70. The Hall–Kier alpha value is -6.13. The van der Waals surface area contributed by atoms with Gasteiger partial charge in [-0.2, -0.15) is 0 Å². The largest absolute Gasteiger partial charge is 0.458 e. The number of hydrogen-bond donors (Lipinski definition) is 0. The van der Waals surface area contributed by atoms with Crippen LogP contribution in [-0.4, -0.2) is 22.6 Å². The molecule has 2 aromatic heterocycles. The molecular formula is C50H38B2N2O2. The number of ether oxygens (including phenoxy) is 2. The number of rotatable bonds is 0. The zero-order valence-corrected chi connectivity index (χ0v) is 32.4. The first kappa shape index (κ1) is 31.1. The fourth-order valence-electron chi connectivity index (χ4n) is 10.7. The van der Waals surface area contributed by atoms with Gasteiger partial charge in [-0.25, -0.2) is 0 Å². The van der Waals surface area contributed by atoms with Gasteiger partial charge in [0.25, 0.3) is 13.4 Å². The van der Waals surface area contributed by atoms with Crippen LogP contribution in [0, 0.1) is 0 Å². The number of nitrogens with zero attached hydrogens (tertiary/aromatic N) is 2. The van der Waals surface area contributed by atoms with Crippen LogP contribution in [0.3, 0.4) is 0 Å². The highest BCUT2D eigenvalue weighted by atomic mass is 16.5. The number of aromatic nitrogens is 2. The molecular weight excluding hydrogens is 682 g/mol. The maximum absolute atomic E-state index is 6.80. The summed E-state index contributed by atoms with van der Waals surface area (Å²) in [5.41, 5.74) is 17.8. The molecule has 0 saturated carbocycles. The second-order valence-electron chi connectivity index (χ2n) is 18.5. The highest BCUT2D eigenvalue weighted by Gasteiger charge is 2.43. The molecule has 9 aromatic rings. The monoisotopic (exact) mass is 720 g/mol.